The summed E-state index contributed by atoms with van der Waals surface area (Å²) < 4.78 is 0. The predicted octanol–water partition coefficient (Wildman–Crippen LogP) is 3.29. The molecule has 0 aromatic heterocycles. The third kappa shape index (κ3) is 1.42. The Balaban J connectivity index is 2.35. The quantitative estimate of drug-likeness (QED) is 0.635. The van der Waals surface area contributed by atoms with Crippen LogP contribution in [0, 0.1) is 10.8 Å². The Morgan fingerprint density at radius 2 is 1.93 bits per heavy atom. The highest BCUT2D eigenvalue weighted by Crippen LogP contribution is 2.54. The molecule has 0 aliphatic heterocycles. The van der Waals surface area contributed by atoms with Crippen molar-refractivity contribution in [1.82, 2.24) is 0 Å². The lowest BCUT2D eigenvalue weighted by Gasteiger charge is -2.49. The maximum Gasteiger partial charge on any atom is 0.0522 e. The smallest absolute Gasteiger partial charge is 0.0522 e. The largest absolute Gasteiger partial charge is 0.395 e. The van der Waals surface area contributed by atoms with Gasteiger partial charge in [-0.2, -0.15) is 0 Å². The molecule has 14 heavy (non-hydrogen) atoms. The predicted molar refractivity (Wildman–Crippen MR) is 59.1 cm³/mol. The van der Waals surface area contributed by atoms with Gasteiger partial charge in [0.25, 0.3) is 0 Å². The van der Waals surface area contributed by atoms with Crippen LogP contribution in [-0.2, 0) is 0 Å². The van der Waals surface area contributed by atoms with Gasteiger partial charge in [-0.05, 0) is 37.5 Å². The molecule has 0 amide bonds. The molecule has 2 rings (SSSR count). The van der Waals surface area contributed by atoms with Crippen molar-refractivity contribution in [3.8, 4) is 0 Å². The van der Waals surface area contributed by atoms with Crippen molar-refractivity contribution in [2.24, 2.45) is 10.8 Å². The van der Waals surface area contributed by atoms with Crippen LogP contribution in [0.25, 0.3) is 0 Å². The van der Waals surface area contributed by atoms with Crippen LogP contribution < -0.4 is 0 Å². The van der Waals surface area contributed by atoms with Gasteiger partial charge in [0.05, 0.1) is 6.61 Å². The summed E-state index contributed by atoms with van der Waals surface area (Å²) in [5.41, 5.74) is 2.06. The zero-order valence-corrected chi connectivity index (χ0v) is 9.47. The summed E-state index contributed by atoms with van der Waals surface area (Å²) in [5.74, 6) is 0. The number of hydrogen-bond acceptors (Lipinski definition) is 1. The molecule has 0 heterocycles. The third-order valence-electron chi connectivity index (χ3n) is 4.39. The maximum absolute atomic E-state index is 9.56. The van der Waals surface area contributed by atoms with Gasteiger partial charge in [-0.3, -0.25) is 0 Å². The minimum Gasteiger partial charge on any atom is -0.395 e. The molecule has 0 radical (unpaired) electrons. The maximum atomic E-state index is 9.56. The number of rotatable bonds is 1. The normalized spacial score (nSPS) is 42.9. The molecule has 2 aliphatic carbocycles. The second-order valence-corrected chi connectivity index (χ2v) is 5.64. The van der Waals surface area contributed by atoms with E-state index >= 15 is 0 Å². The van der Waals surface area contributed by atoms with Gasteiger partial charge in [-0.15, -0.1) is 0 Å². The fourth-order valence-electron chi connectivity index (χ4n) is 3.52. The van der Waals surface area contributed by atoms with Crippen molar-refractivity contribution in [3.05, 3.63) is 11.6 Å². The average molecular weight is 194 g/mol. The van der Waals surface area contributed by atoms with E-state index in [1.165, 1.54) is 38.5 Å². The molecule has 0 aromatic carbocycles. The van der Waals surface area contributed by atoms with Crippen molar-refractivity contribution >= 4 is 0 Å². The number of allylic oxidation sites excluding steroid dienone is 1. The lowest BCUT2D eigenvalue weighted by atomic mass is 9.56. The number of hydrogen-bond donors (Lipinski definition) is 1. The molecule has 0 spiro atoms. The van der Waals surface area contributed by atoms with E-state index in [9.17, 15) is 5.11 Å². The second kappa shape index (κ2) is 3.37. The van der Waals surface area contributed by atoms with E-state index in [0.717, 1.165) is 0 Å². The lowest BCUT2D eigenvalue weighted by molar-refractivity contribution is 0.0921. The van der Waals surface area contributed by atoms with Crippen LogP contribution in [0.5, 0.6) is 0 Å². The molecule has 0 aromatic rings. The van der Waals surface area contributed by atoms with Gasteiger partial charge in [0.15, 0.2) is 0 Å². The average Bonchev–Trinajstić information content (AvgIpc) is 2.17. The van der Waals surface area contributed by atoms with Crippen LogP contribution in [-0.4, -0.2) is 11.7 Å². The first-order chi connectivity index (χ1) is 6.61. The standard InChI is InChI=1S/C13H22O/c1-12-7-4-3-6-11(12)13(2,10-14)9-5-8-12/h6,14H,3-5,7-10H2,1-2H3. The van der Waals surface area contributed by atoms with E-state index in [-0.39, 0.29) is 5.41 Å². The molecule has 0 bridgehead atoms. The van der Waals surface area contributed by atoms with Gasteiger partial charge in [-0.1, -0.05) is 31.9 Å². The summed E-state index contributed by atoms with van der Waals surface area (Å²) >= 11 is 0. The number of fused-ring (bicyclic) bond motifs is 1. The van der Waals surface area contributed by atoms with E-state index in [0.29, 0.717) is 12.0 Å². The highest BCUT2D eigenvalue weighted by Gasteiger charge is 2.44. The van der Waals surface area contributed by atoms with Gasteiger partial charge in [-0.25, -0.2) is 0 Å². The zero-order chi connectivity index (χ0) is 10.2. The topological polar surface area (TPSA) is 20.2 Å². The van der Waals surface area contributed by atoms with Crippen LogP contribution in [0.4, 0.5) is 0 Å². The van der Waals surface area contributed by atoms with Crippen molar-refractivity contribution in [3.63, 3.8) is 0 Å². The minimum absolute atomic E-state index is 0.0907. The summed E-state index contributed by atoms with van der Waals surface area (Å²) in [4.78, 5) is 0. The van der Waals surface area contributed by atoms with Crippen LogP contribution in [0.2, 0.25) is 0 Å². The first kappa shape index (κ1) is 10.2. The Morgan fingerprint density at radius 3 is 2.64 bits per heavy atom. The lowest BCUT2D eigenvalue weighted by Crippen LogP contribution is -2.39. The van der Waals surface area contributed by atoms with Crippen molar-refractivity contribution in [2.45, 2.75) is 52.4 Å². The van der Waals surface area contributed by atoms with E-state index in [1.54, 1.807) is 5.57 Å². The fraction of sp³-hybridized carbons (Fsp3) is 0.846. The first-order valence-corrected chi connectivity index (χ1v) is 5.93. The van der Waals surface area contributed by atoms with Crippen molar-refractivity contribution < 1.29 is 5.11 Å². The molecule has 2 aliphatic rings. The molecule has 1 nitrogen and oxygen atoms in total. The molecule has 1 fully saturated rings. The molecule has 2 atom stereocenters. The fourth-order valence-corrected chi connectivity index (χ4v) is 3.52. The molecular weight excluding hydrogens is 172 g/mol. The van der Waals surface area contributed by atoms with E-state index in [1.807, 2.05) is 0 Å². The monoisotopic (exact) mass is 194 g/mol. The second-order valence-electron chi connectivity index (χ2n) is 5.64. The molecule has 1 heteroatoms. The molecule has 1 saturated carbocycles. The van der Waals surface area contributed by atoms with Crippen LogP contribution >= 0.6 is 0 Å². The summed E-state index contributed by atoms with van der Waals surface area (Å²) in [6.45, 7) is 4.96. The minimum atomic E-state index is 0.0907. The SMILES string of the molecule is CC1(CO)CCCC2(C)CCCC=C12. The highest BCUT2D eigenvalue weighted by atomic mass is 16.3. The van der Waals surface area contributed by atoms with E-state index < -0.39 is 0 Å². The van der Waals surface area contributed by atoms with Crippen LogP contribution in [0.1, 0.15) is 52.4 Å². The summed E-state index contributed by atoms with van der Waals surface area (Å²) in [6.07, 6.45) is 10.1. The summed E-state index contributed by atoms with van der Waals surface area (Å²) in [6, 6.07) is 0. The number of aliphatic hydroxyl groups excluding tert-OH is 1. The highest BCUT2D eigenvalue weighted by molar-refractivity contribution is 5.26. The Bertz CT molecular complexity index is 256. The third-order valence-corrected chi connectivity index (χ3v) is 4.39. The molecule has 80 valence electrons. The van der Waals surface area contributed by atoms with Gasteiger partial charge in [0, 0.05) is 5.41 Å². The molecular formula is C13H22O. The Labute approximate surface area is 87.2 Å². The molecule has 1 N–H and O–H groups in total. The zero-order valence-electron chi connectivity index (χ0n) is 9.47. The molecule has 2 unspecified atom stereocenters. The Kier molecular flexibility index (Phi) is 2.46. The Morgan fingerprint density at radius 1 is 1.21 bits per heavy atom. The van der Waals surface area contributed by atoms with E-state index in [2.05, 4.69) is 19.9 Å². The van der Waals surface area contributed by atoms with Gasteiger partial charge < -0.3 is 5.11 Å². The van der Waals surface area contributed by atoms with Gasteiger partial charge in [0.2, 0.25) is 0 Å². The van der Waals surface area contributed by atoms with Crippen LogP contribution in [0.15, 0.2) is 11.6 Å². The summed E-state index contributed by atoms with van der Waals surface area (Å²) in [7, 11) is 0. The van der Waals surface area contributed by atoms with E-state index in [4.69, 9.17) is 0 Å². The van der Waals surface area contributed by atoms with Gasteiger partial charge in [0.1, 0.15) is 0 Å². The number of aliphatic hydroxyl groups is 1. The van der Waals surface area contributed by atoms with Crippen molar-refractivity contribution in [2.75, 3.05) is 6.61 Å². The van der Waals surface area contributed by atoms with Crippen LogP contribution in [0.3, 0.4) is 0 Å². The first-order valence-electron chi connectivity index (χ1n) is 5.93. The molecule has 0 saturated heterocycles. The van der Waals surface area contributed by atoms with Gasteiger partial charge >= 0.3 is 0 Å². The Hall–Kier alpha value is -0.300. The van der Waals surface area contributed by atoms with Crippen molar-refractivity contribution in [1.29, 1.82) is 0 Å². The summed E-state index contributed by atoms with van der Waals surface area (Å²) in [5, 5.41) is 9.56.